The van der Waals surface area contributed by atoms with Gasteiger partial charge in [0.2, 0.25) is 11.8 Å². The molecule has 3 aromatic carbocycles. The Labute approximate surface area is 239 Å². The van der Waals surface area contributed by atoms with Gasteiger partial charge in [-0.25, -0.2) is 0 Å². The van der Waals surface area contributed by atoms with E-state index in [0.29, 0.717) is 25.9 Å². The maximum absolute atomic E-state index is 13.0. The van der Waals surface area contributed by atoms with Gasteiger partial charge in [-0.1, -0.05) is 78.9 Å². The zero-order valence-electron chi connectivity index (χ0n) is 23.1. The molecule has 0 bridgehead atoms. The van der Waals surface area contributed by atoms with Crippen LogP contribution in [0.2, 0.25) is 0 Å². The van der Waals surface area contributed by atoms with E-state index >= 15 is 0 Å². The number of piperazine rings is 1. The third kappa shape index (κ3) is 6.99. The van der Waals surface area contributed by atoms with Gasteiger partial charge in [-0.15, -0.1) is 0 Å². The van der Waals surface area contributed by atoms with E-state index in [2.05, 4.69) is 22.3 Å². The Hall–Kier alpha value is -3.65. The molecule has 3 aromatic rings. The van der Waals surface area contributed by atoms with Gasteiger partial charge < -0.3 is 10.2 Å². The van der Waals surface area contributed by atoms with Crippen molar-refractivity contribution in [2.24, 2.45) is 0 Å². The van der Waals surface area contributed by atoms with Crippen LogP contribution in [-0.4, -0.2) is 67.1 Å². The Morgan fingerprint density at radius 2 is 1.39 bits per heavy atom. The van der Waals surface area contributed by atoms with Gasteiger partial charge in [0.05, 0.1) is 6.42 Å². The maximum atomic E-state index is 13.0. The molecule has 1 saturated heterocycles. The van der Waals surface area contributed by atoms with Crippen molar-refractivity contribution in [1.29, 1.82) is 0 Å². The molecule has 1 heterocycles. The maximum Gasteiger partial charge on any atom is 0.405 e. The van der Waals surface area contributed by atoms with Crippen molar-refractivity contribution in [3.05, 3.63) is 107 Å². The molecular weight excluding hydrogens is 527 g/mol. The average Bonchev–Trinajstić information content (AvgIpc) is 2.97. The largest absolute Gasteiger partial charge is 0.405 e. The summed E-state index contributed by atoms with van der Waals surface area (Å²) in [6, 6.07) is 25.8. The first-order valence-electron chi connectivity index (χ1n) is 14.3. The van der Waals surface area contributed by atoms with E-state index in [1.165, 1.54) is 0 Å². The summed E-state index contributed by atoms with van der Waals surface area (Å²) in [5, 5.41) is 2.12. The molecule has 1 aliphatic carbocycles. The minimum Gasteiger partial charge on any atom is -0.347 e. The summed E-state index contributed by atoms with van der Waals surface area (Å²) < 4.78 is 38.8. The molecule has 1 N–H and O–H groups in total. The van der Waals surface area contributed by atoms with E-state index in [4.69, 9.17) is 0 Å². The smallest absolute Gasteiger partial charge is 0.347 e. The van der Waals surface area contributed by atoms with E-state index in [1.54, 1.807) is 0 Å². The normalized spacial score (nSPS) is 16.5. The van der Waals surface area contributed by atoms with Crippen molar-refractivity contribution in [2.75, 3.05) is 39.3 Å². The molecule has 2 amide bonds. The van der Waals surface area contributed by atoms with Gasteiger partial charge in [-0.3, -0.25) is 14.5 Å². The molecule has 2 aliphatic rings. The van der Waals surface area contributed by atoms with Crippen molar-refractivity contribution in [2.45, 2.75) is 43.7 Å². The van der Waals surface area contributed by atoms with Crippen molar-refractivity contribution in [3.63, 3.8) is 0 Å². The molecule has 0 atom stereocenters. The number of carbonyl (C=O) groups excluding carboxylic acids is 2. The molecule has 0 unspecified atom stereocenters. The first-order valence-corrected chi connectivity index (χ1v) is 14.3. The Bertz CT molecular complexity index is 1310. The van der Waals surface area contributed by atoms with Crippen molar-refractivity contribution >= 4 is 11.8 Å². The van der Waals surface area contributed by atoms with Crippen LogP contribution in [0.25, 0.3) is 0 Å². The van der Waals surface area contributed by atoms with Crippen LogP contribution >= 0.6 is 0 Å². The summed E-state index contributed by atoms with van der Waals surface area (Å²) in [6.07, 6.45) is -1.97. The van der Waals surface area contributed by atoms with Crippen molar-refractivity contribution < 1.29 is 22.8 Å². The van der Waals surface area contributed by atoms with E-state index < -0.39 is 24.0 Å². The first kappa shape index (κ1) is 28.9. The molecule has 1 aliphatic heterocycles. The van der Waals surface area contributed by atoms with Gasteiger partial charge in [0.15, 0.2) is 0 Å². The molecule has 216 valence electrons. The molecule has 1 fully saturated rings. The predicted molar refractivity (Wildman–Crippen MR) is 153 cm³/mol. The highest BCUT2D eigenvalue weighted by Crippen LogP contribution is 2.47. The Morgan fingerprint density at radius 3 is 2.00 bits per heavy atom. The topological polar surface area (TPSA) is 52.7 Å². The second-order valence-electron chi connectivity index (χ2n) is 11.1. The molecule has 41 heavy (non-hydrogen) atoms. The van der Waals surface area contributed by atoms with Crippen LogP contribution in [0.4, 0.5) is 13.2 Å². The van der Waals surface area contributed by atoms with E-state index in [1.807, 2.05) is 71.6 Å². The number of rotatable bonds is 9. The number of benzene rings is 3. The molecule has 0 radical (unpaired) electrons. The predicted octanol–water partition coefficient (Wildman–Crippen LogP) is 5.11. The summed E-state index contributed by atoms with van der Waals surface area (Å²) in [7, 11) is 0. The van der Waals surface area contributed by atoms with Crippen LogP contribution in [0.3, 0.4) is 0 Å². The second-order valence-corrected chi connectivity index (χ2v) is 11.1. The van der Waals surface area contributed by atoms with Gasteiger partial charge in [0, 0.05) is 38.0 Å². The van der Waals surface area contributed by atoms with Crippen LogP contribution in [0.5, 0.6) is 0 Å². The molecular formula is C33H36F3N3O2. The molecule has 0 aromatic heterocycles. The van der Waals surface area contributed by atoms with Gasteiger partial charge in [-0.05, 0) is 53.6 Å². The summed E-state index contributed by atoms with van der Waals surface area (Å²) in [5.74, 6) is -0.463. The molecule has 0 saturated carbocycles. The number of nitrogens with zero attached hydrogens (tertiary/aromatic N) is 2. The summed E-state index contributed by atoms with van der Waals surface area (Å²) in [4.78, 5) is 30.1. The number of alkyl halides is 3. The molecule has 5 rings (SSSR count). The molecule has 8 heteroatoms. The van der Waals surface area contributed by atoms with Gasteiger partial charge in [-0.2, -0.15) is 13.2 Å². The Kier molecular flexibility index (Phi) is 8.78. The Morgan fingerprint density at radius 1 is 0.805 bits per heavy atom. The second kappa shape index (κ2) is 12.5. The Balaban J connectivity index is 1.27. The first-order chi connectivity index (χ1) is 19.7. The monoisotopic (exact) mass is 563 g/mol. The zero-order valence-corrected chi connectivity index (χ0v) is 23.1. The highest BCUT2D eigenvalue weighted by Gasteiger charge is 2.42. The van der Waals surface area contributed by atoms with Crippen LogP contribution in [0.15, 0.2) is 78.9 Å². The minimum absolute atomic E-state index is 0.0428. The third-order valence-corrected chi connectivity index (χ3v) is 8.40. The van der Waals surface area contributed by atoms with Crippen molar-refractivity contribution in [3.8, 4) is 0 Å². The van der Waals surface area contributed by atoms with E-state index in [0.717, 1.165) is 60.3 Å². The molecule has 0 spiro atoms. The number of fused-ring (bicyclic) bond motifs is 2. The molecule has 5 nitrogen and oxygen atoms in total. The minimum atomic E-state index is -4.46. The average molecular weight is 564 g/mol. The summed E-state index contributed by atoms with van der Waals surface area (Å²) >= 11 is 0. The van der Waals surface area contributed by atoms with Crippen LogP contribution in [-0.2, 0) is 27.8 Å². The zero-order chi connectivity index (χ0) is 28.9. The van der Waals surface area contributed by atoms with Crippen LogP contribution in [0.1, 0.15) is 47.1 Å². The lowest BCUT2D eigenvalue weighted by molar-refractivity contribution is -0.139. The SMILES string of the molecule is O=C(CC1(CCCN2CCN(C(=O)Cc3ccccc3)CC2)c2ccccc2Cc2ccccc21)NCC(F)(F)F. The number of nitrogens with one attached hydrogen (secondary N) is 1. The fourth-order valence-electron chi connectivity index (χ4n) is 6.42. The highest BCUT2D eigenvalue weighted by molar-refractivity contribution is 5.80. The number of hydrogen-bond donors (Lipinski definition) is 1. The van der Waals surface area contributed by atoms with Crippen LogP contribution < -0.4 is 5.32 Å². The number of hydrogen-bond acceptors (Lipinski definition) is 3. The van der Waals surface area contributed by atoms with Crippen LogP contribution in [0, 0.1) is 0 Å². The lowest BCUT2D eigenvalue weighted by atomic mass is 9.62. The lowest BCUT2D eigenvalue weighted by Gasteiger charge is -2.42. The quantitative estimate of drug-likeness (QED) is 0.394. The van der Waals surface area contributed by atoms with Gasteiger partial charge >= 0.3 is 6.18 Å². The standard InChI is InChI=1S/C33H36F3N3O2/c34-33(35,36)24-37-30(40)23-32(28-13-6-4-11-26(28)22-27-12-5-7-14-29(27)32)15-8-16-38-17-19-39(20-18-38)31(41)21-25-9-2-1-3-10-25/h1-7,9-14H,8,15-24H2,(H,37,40). The number of halogens is 3. The summed E-state index contributed by atoms with van der Waals surface area (Å²) in [6.45, 7) is 2.33. The fraction of sp³-hybridized carbons (Fsp3) is 0.394. The van der Waals surface area contributed by atoms with E-state index in [9.17, 15) is 22.8 Å². The van der Waals surface area contributed by atoms with E-state index in [-0.39, 0.29) is 12.3 Å². The summed E-state index contributed by atoms with van der Waals surface area (Å²) in [5.41, 5.74) is 4.57. The fourth-order valence-corrected chi connectivity index (χ4v) is 6.42. The van der Waals surface area contributed by atoms with Gasteiger partial charge in [0.25, 0.3) is 0 Å². The van der Waals surface area contributed by atoms with Gasteiger partial charge in [0.1, 0.15) is 6.54 Å². The third-order valence-electron chi connectivity index (χ3n) is 8.40. The van der Waals surface area contributed by atoms with Crippen molar-refractivity contribution in [1.82, 2.24) is 15.1 Å². The number of carbonyl (C=O) groups is 2. The number of amides is 2. The lowest BCUT2D eigenvalue weighted by Crippen LogP contribution is -2.49. The highest BCUT2D eigenvalue weighted by atomic mass is 19.4.